The van der Waals surface area contributed by atoms with E-state index in [1.165, 1.54) is 31.7 Å². The third-order valence-electron chi connectivity index (χ3n) is 4.30. The van der Waals surface area contributed by atoms with E-state index in [9.17, 15) is 26.4 Å². The number of carbonyl (C=O) groups is 1. The Balaban J connectivity index is 2.30. The average Bonchev–Trinajstić information content (AvgIpc) is 2.89. The molecule has 0 saturated carbocycles. The van der Waals surface area contributed by atoms with Crippen LogP contribution in [0.2, 0.25) is 0 Å². The largest absolute Gasteiger partial charge is 0.413 e. The number of nitrogens with zero attached hydrogens (tertiary/aromatic N) is 2. The fourth-order valence-electron chi connectivity index (χ4n) is 2.78. The van der Waals surface area contributed by atoms with E-state index in [1.807, 2.05) is 5.32 Å². The highest BCUT2D eigenvalue weighted by Crippen LogP contribution is 2.36. The van der Waals surface area contributed by atoms with Crippen LogP contribution < -0.4 is 10.0 Å². The first-order valence-corrected chi connectivity index (χ1v) is 9.95. The zero-order valence-corrected chi connectivity index (χ0v) is 16.9. The second kappa shape index (κ2) is 8.37. The topological polar surface area (TPSA) is 93.1 Å². The van der Waals surface area contributed by atoms with Crippen LogP contribution in [0.15, 0.2) is 41.8 Å². The fourth-order valence-corrected chi connectivity index (χ4v) is 3.78. The Morgan fingerprint density at radius 3 is 2.31 bits per heavy atom. The predicted molar refractivity (Wildman–Crippen MR) is 101 cm³/mol. The van der Waals surface area contributed by atoms with Gasteiger partial charge in [0, 0.05) is 30.4 Å². The normalized spacial score (nSPS) is 13.2. The van der Waals surface area contributed by atoms with E-state index in [2.05, 4.69) is 16.4 Å². The zero-order chi connectivity index (χ0) is 22.0. The summed E-state index contributed by atoms with van der Waals surface area (Å²) >= 11 is 0. The minimum absolute atomic E-state index is 0.0155. The van der Waals surface area contributed by atoms with Crippen molar-refractivity contribution in [3.8, 4) is 0 Å². The van der Waals surface area contributed by atoms with Crippen LogP contribution in [0.3, 0.4) is 0 Å². The summed E-state index contributed by atoms with van der Waals surface area (Å²) in [5, 5.41) is 5.95. The molecule has 0 radical (unpaired) electrons. The molecule has 0 aliphatic heterocycles. The van der Waals surface area contributed by atoms with Gasteiger partial charge in [0.2, 0.25) is 10.0 Å². The summed E-state index contributed by atoms with van der Waals surface area (Å²) in [7, 11) is -2.29. The van der Waals surface area contributed by atoms with Gasteiger partial charge in [-0.1, -0.05) is 6.08 Å². The SMILES string of the molecule is C=CCNS(=O)(=O)c1ccc(C(=O)N[C@H](c2c(C)nn(C)c2C)C(F)(F)F)cc1. The molecule has 0 spiro atoms. The van der Waals surface area contributed by atoms with Gasteiger partial charge in [-0.2, -0.15) is 18.3 Å². The van der Waals surface area contributed by atoms with Crippen LogP contribution in [-0.4, -0.2) is 36.8 Å². The molecule has 0 aliphatic rings. The van der Waals surface area contributed by atoms with Gasteiger partial charge in [-0.25, -0.2) is 13.1 Å². The number of hydrogen-bond acceptors (Lipinski definition) is 4. The van der Waals surface area contributed by atoms with Crippen molar-refractivity contribution in [2.75, 3.05) is 6.54 Å². The van der Waals surface area contributed by atoms with E-state index >= 15 is 0 Å². The molecule has 1 heterocycles. The van der Waals surface area contributed by atoms with E-state index in [4.69, 9.17) is 0 Å². The molecule has 2 N–H and O–H groups in total. The molecular formula is C18H21F3N4O3S. The summed E-state index contributed by atoms with van der Waals surface area (Å²) in [6.45, 7) is 6.33. The van der Waals surface area contributed by atoms with Gasteiger partial charge in [-0.3, -0.25) is 9.48 Å². The Morgan fingerprint density at radius 1 is 1.28 bits per heavy atom. The second-order valence-electron chi connectivity index (χ2n) is 6.32. The standard InChI is InChI=1S/C18H21F3N4O3S/c1-5-10-22-29(27,28)14-8-6-13(7-9-14)17(26)23-16(18(19,20)21)15-11(2)24-25(4)12(15)3/h5-9,16,22H,1,10H2,2-4H3,(H,23,26)/t16-/m1/s1. The molecule has 0 aliphatic carbocycles. The number of rotatable bonds is 7. The predicted octanol–water partition coefficient (Wildman–Crippen LogP) is 2.53. The Labute approximate surface area is 166 Å². The number of hydrogen-bond donors (Lipinski definition) is 2. The van der Waals surface area contributed by atoms with Crippen LogP contribution in [0.25, 0.3) is 0 Å². The minimum Gasteiger partial charge on any atom is -0.337 e. The summed E-state index contributed by atoms with van der Waals surface area (Å²) in [6.07, 6.45) is -3.38. The molecule has 29 heavy (non-hydrogen) atoms. The molecular weight excluding hydrogens is 409 g/mol. The van der Waals surface area contributed by atoms with Crippen molar-refractivity contribution in [2.45, 2.75) is 31.0 Å². The van der Waals surface area contributed by atoms with Gasteiger partial charge < -0.3 is 5.32 Å². The van der Waals surface area contributed by atoms with E-state index in [-0.39, 0.29) is 34.0 Å². The molecule has 1 aromatic heterocycles. The maximum Gasteiger partial charge on any atom is 0.413 e. The number of nitrogens with one attached hydrogen (secondary N) is 2. The molecule has 158 valence electrons. The molecule has 2 rings (SSSR count). The Hall–Kier alpha value is -2.66. The summed E-state index contributed by atoms with van der Waals surface area (Å²) in [5.41, 5.74) is 0.199. The number of alkyl halides is 3. The lowest BCUT2D eigenvalue weighted by molar-refractivity contribution is -0.155. The van der Waals surface area contributed by atoms with Crippen molar-refractivity contribution >= 4 is 15.9 Å². The summed E-state index contributed by atoms with van der Waals surface area (Å²) < 4.78 is 68.5. The molecule has 0 bridgehead atoms. The van der Waals surface area contributed by atoms with Crippen molar-refractivity contribution < 1.29 is 26.4 Å². The van der Waals surface area contributed by atoms with Gasteiger partial charge in [0.15, 0.2) is 6.04 Å². The van der Waals surface area contributed by atoms with Crippen LogP contribution in [0.5, 0.6) is 0 Å². The van der Waals surface area contributed by atoms with Crippen molar-refractivity contribution in [3.63, 3.8) is 0 Å². The third-order valence-corrected chi connectivity index (χ3v) is 5.74. The van der Waals surface area contributed by atoms with Gasteiger partial charge in [-0.15, -0.1) is 6.58 Å². The van der Waals surface area contributed by atoms with Crippen LogP contribution in [0.1, 0.15) is 33.4 Å². The maximum atomic E-state index is 13.6. The number of aromatic nitrogens is 2. The molecule has 2 aromatic rings. The van der Waals surface area contributed by atoms with Crippen molar-refractivity contribution in [1.82, 2.24) is 19.8 Å². The Bertz CT molecular complexity index is 1010. The van der Waals surface area contributed by atoms with Crippen molar-refractivity contribution in [3.05, 3.63) is 59.4 Å². The average molecular weight is 430 g/mol. The van der Waals surface area contributed by atoms with E-state index in [1.54, 1.807) is 0 Å². The summed E-state index contributed by atoms with van der Waals surface area (Å²) in [4.78, 5) is 12.3. The number of halogens is 3. The zero-order valence-electron chi connectivity index (χ0n) is 16.0. The van der Waals surface area contributed by atoms with Crippen LogP contribution in [0.4, 0.5) is 13.2 Å². The first-order chi connectivity index (χ1) is 13.4. The van der Waals surface area contributed by atoms with Crippen LogP contribution in [-0.2, 0) is 17.1 Å². The van der Waals surface area contributed by atoms with Gasteiger partial charge in [0.1, 0.15) is 0 Å². The maximum absolute atomic E-state index is 13.6. The van der Waals surface area contributed by atoms with E-state index < -0.39 is 28.1 Å². The molecule has 7 nitrogen and oxygen atoms in total. The van der Waals surface area contributed by atoms with Gasteiger partial charge >= 0.3 is 6.18 Å². The fraction of sp³-hybridized carbons (Fsp3) is 0.333. The monoisotopic (exact) mass is 430 g/mol. The lowest BCUT2D eigenvalue weighted by atomic mass is 10.0. The molecule has 0 fully saturated rings. The number of amides is 1. The molecule has 0 unspecified atom stereocenters. The van der Waals surface area contributed by atoms with Gasteiger partial charge in [-0.05, 0) is 38.1 Å². The lowest BCUT2D eigenvalue weighted by Gasteiger charge is -2.22. The molecule has 0 saturated heterocycles. The Kier molecular flexibility index (Phi) is 6.53. The highest BCUT2D eigenvalue weighted by atomic mass is 32.2. The van der Waals surface area contributed by atoms with Crippen molar-refractivity contribution in [1.29, 1.82) is 0 Å². The summed E-state index contributed by atoms with van der Waals surface area (Å²) in [5.74, 6) is -0.988. The van der Waals surface area contributed by atoms with Crippen LogP contribution >= 0.6 is 0 Å². The van der Waals surface area contributed by atoms with E-state index in [0.717, 1.165) is 24.3 Å². The minimum atomic E-state index is -4.74. The number of carbonyl (C=O) groups excluding carboxylic acids is 1. The first-order valence-electron chi connectivity index (χ1n) is 8.46. The Morgan fingerprint density at radius 2 is 1.86 bits per heavy atom. The third kappa shape index (κ3) is 5.04. The van der Waals surface area contributed by atoms with Gasteiger partial charge in [0.25, 0.3) is 5.91 Å². The van der Waals surface area contributed by atoms with E-state index in [0.29, 0.717) is 0 Å². The van der Waals surface area contributed by atoms with Crippen molar-refractivity contribution in [2.24, 2.45) is 7.05 Å². The number of benzene rings is 1. The van der Waals surface area contributed by atoms with Gasteiger partial charge in [0.05, 0.1) is 10.6 Å². The second-order valence-corrected chi connectivity index (χ2v) is 8.09. The van der Waals surface area contributed by atoms with Crippen LogP contribution in [0, 0.1) is 13.8 Å². The lowest BCUT2D eigenvalue weighted by Crippen LogP contribution is -2.38. The quantitative estimate of drug-likeness (QED) is 0.661. The molecule has 11 heteroatoms. The highest BCUT2D eigenvalue weighted by Gasteiger charge is 2.44. The molecule has 1 amide bonds. The highest BCUT2D eigenvalue weighted by molar-refractivity contribution is 7.89. The first kappa shape index (κ1) is 22.6. The molecule has 1 atom stereocenters. The molecule has 1 aromatic carbocycles. The summed E-state index contributed by atoms with van der Waals surface area (Å²) in [6, 6.07) is 2.33. The number of aryl methyl sites for hydroxylation is 2. The number of sulfonamides is 1. The smallest absolute Gasteiger partial charge is 0.337 e.